The highest BCUT2D eigenvalue weighted by Gasteiger charge is 2.24. The molecule has 0 bridgehead atoms. The molecule has 0 fully saturated rings. The van der Waals surface area contributed by atoms with Gasteiger partial charge in [0, 0.05) is 22.2 Å². The first-order valence-electron chi connectivity index (χ1n) is 10.2. The summed E-state index contributed by atoms with van der Waals surface area (Å²) in [6, 6.07) is 7.31. The Morgan fingerprint density at radius 2 is 1.97 bits per heavy atom. The maximum atomic E-state index is 12.3. The first-order valence-corrected chi connectivity index (χ1v) is 11.9. The zero-order valence-corrected chi connectivity index (χ0v) is 20.6. The van der Waals surface area contributed by atoms with Crippen molar-refractivity contribution in [2.24, 2.45) is 0 Å². The molecule has 0 radical (unpaired) electrons. The molecule has 2 amide bonds. The summed E-state index contributed by atoms with van der Waals surface area (Å²) in [5.41, 5.74) is -0.182. The van der Waals surface area contributed by atoms with E-state index in [1.165, 1.54) is 22.7 Å². The number of alkyl carbamates (subject to hydrolysis) is 1. The van der Waals surface area contributed by atoms with Crippen LogP contribution in [0.5, 0.6) is 5.88 Å². The lowest BCUT2D eigenvalue weighted by Crippen LogP contribution is -2.38. The van der Waals surface area contributed by atoms with Crippen LogP contribution in [0, 0.1) is 22.7 Å². The van der Waals surface area contributed by atoms with Crippen molar-refractivity contribution < 1.29 is 19.1 Å². The second-order valence-corrected chi connectivity index (χ2v) is 10.4. The van der Waals surface area contributed by atoms with Gasteiger partial charge in [-0.15, -0.1) is 22.7 Å². The molecule has 12 heteroatoms. The Labute approximate surface area is 204 Å². The summed E-state index contributed by atoms with van der Waals surface area (Å²) in [6.07, 6.45) is -1.02. The van der Waals surface area contributed by atoms with Crippen LogP contribution in [0.25, 0.3) is 10.2 Å². The summed E-state index contributed by atoms with van der Waals surface area (Å²) in [5, 5.41) is 26.3. The van der Waals surface area contributed by atoms with Crippen molar-refractivity contribution in [1.82, 2.24) is 20.6 Å². The average Bonchev–Trinajstić information content (AvgIpc) is 3.38. The molecule has 0 aliphatic rings. The largest absolute Gasteiger partial charge is 0.444 e. The van der Waals surface area contributed by atoms with Crippen LogP contribution in [-0.2, 0) is 17.7 Å². The van der Waals surface area contributed by atoms with Crippen molar-refractivity contribution in [3.8, 4) is 18.0 Å². The maximum Gasteiger partial charge on any atom is 0.414 e. The van der Waals surface area contributed by atoms with Gasteiger partial charge in [-0.1, -0.05) is 6.07 Å². The minimum Gasteiger partial charge on any atom is -0.444 e. The van der Waals surface area contributed by atoms with Crippen LogP contribution >= 0.6 is 22.7 Å². The number of carbonyl (C=O) groups is 2. The van der Waals surface area contributed by atoms with Gasteiger partial charge < -0.3 is 20.1 Å². The molecular formula is C22H22N6O4S2. The molecule has 0 aromatic carbocycles. The van der Waals surface area contributed by atoms with E-state index in [0.717, 1.165) is 4.88 Å². The first kappa shape index (κ1) is 24.9. The summed E-state index contributed by atoms with van der Waals surface area (Å²) in [6.45, 7) is 7.35. The van der Waals surface area contributed by atoms with Gasteiger partial charge in [0.2, 0.25) is 11.7 Å². The Bertz CT molecular complexity index is 1280. The van der Waals surface area contributed by atoms with E-state index in [2.05, 4.69) is 26.7 Å². The van der Waals surface area contributed by atoms with Crippen LogP contribution in [0.3, 0.4) is 0 Å². The molecule has 0 spiro atoms. The highest BCUT2D eigenvalue weighted by atomic mass is 32.1. The Hall–Kier alpha value is -3.74. The molecule has 3 rings (SSSR count). The van der Waals surface area contributed by atoms with Crippen LogP contribution in [0.1, 0.15) is 48.8 Å². The predicted octanol–water partition coefficient (Wildman–Crippen LogP) is 4.24. The van der Waals surface area contributed by atoms with Crippen molar-refractivity contribution in [2.45, 2.75) is 52.3 Å². The van der Waals surface area contributed by atoms with E-state index in [0.29, 0.717) is 16.0 Å². The quantitative estimate of drug-likeness (QED) is 0.512. The van der Waals surface area contributed by atoms with Crippen LogP contribution in [0.4, 0.5) is 9.59 Å². The number of aromatic nitrogens is 2. The number of rotatable bonds is 6. The molecule has 2 N–H and O–H groups in total. The smallest absolute Gasteiger partial charge is 0.414 e. The fourth-order valence-corrected chi connectivity index (χ4v) is 4.80. The van der Waals surface area contributed by atoms with Gasteiger partial charge in [-0.25, -0.2) is 14.6 Å². The fraction of sp³-hybridized carbons (Fsp3) is 0.364. The van der Waals surface area contributed by atoms with Crippen molar-refractivity contribution in [2.75, 3.05) is 0 Å². The predicted molar refractivity (Wildman–Crippen MR) is 127 cm³/mol. The van der Waals surface area contributed by atoms with Crippen LogP contribution < -0.4 is 15.4 Å². The Morgan fingerprint density at radius 3 is 2.59 bits per heavy atom. The third-order valence-corrected chi connectivity index (χ3v) is 6.28. The second-order valence-electron chi connectivity index (χ2n) is 8.23. The Kier molecular flexibility index (Phi) is 7.66. The van der Waals surface area contributed by atoms with Crippen molar-refractivity contribution >= 4 is 45.1 Å². The summed E-state index contributed by atoms with van der Waals surface area (Å²) < 4.78 is 11.0. The van der Waals surface area contributed by atoms with Gasteiger partial charge in [-0.05, 0) is 39.1 Å². The Morgan fingerprint density at radius 1 is 1.21 bits per heavy atom. The van der Waals surface area contributed by atoms with Crippen LogP contribution in [0.2, 0.25) is 0 Å². The lowest BCUT2D eigenvalue weighted by Gasteiger charge is -2.21. The van der Waals surface area contributed by atoms with Gasteiger partial charge in [0.1, 0.15) is 28.0 Å². The Balaban J connectivity index is 1.84. The third-order valence-electron chi connectivity index (χ3n) is 4.22. The number of fused-ring (bicyclic) bond motifs is 1. The lowest BCUT2D eigenvalue weighted by atomic mass is 10.1. The second kappa shape index (κ2) is 10.5. The van der Waals surface area contributed by atoms with Gasteiger partial charge in [0.05, 0.1) is 12.1 Å². The van der Waals surface area contributed by atoms with Crippen LogP contribution in [0.15, 0.2) is 17.5 Å². The molecule has 10 nitrogen and oxygen atoms in total. The summed E-state index contributed by atoms with van der Waals surface area (Å²) in [5.74, 6) is -0.333. The van der Waals surface area contributed by atoms with E-state index < -0.39 is 17.8 Å². The monoisotopic (exact) mass is 498 g/mol. The molecule has 1 atom stereocenters. The number of hydrogen-bond acceptors (Lipinski definition) is 10. The summed E-state index contributed by atoms with van der Waals surface area (Å²) >= 11 is 2.66. The first-order chi connectivity index (χ1) is 16.1. The molecular weight excluding hydrogens is 476 g/mol. The molecule has 34 heavy (non-hydrogen) atoms. The van der Waals surface area contributed by atoms with Crippen molar-refractivity contribution in [3.63, 3.8) is 0 Å². The number of thiophene rings is 2. The van der Waals surface area contributed by atoms with Gasteiger partial charge in [-0.2, -0.15) is 15.5 Å². The average molecular weight is 499 g/mol. The minimum absolute atomic E-state index is 0.106. The molecule has 0 aliphatic heterocycles. The third kappa shape index (κ3) is 6.41. The molecule has 1 unspecified atom stereocenters. The molecule has 0 saturated carbocycles. The van der Waals surface area contributed by atoms with Gasteiger partial charge >= 0.3 is 12.2 Å². The van der Waals surface area contributed by atoms with E-state index in [-0.39, 0.29) is 35.4 Å². The number of hydrogen-bond donors (Lipinski definition) is 2. The van der Waals surface area contributed by atoms with E-state index in [1.54, 1.807) is 27.7 Å². The lowest BCUT2D eigenvalue weighted by molar-refractivity contribution is 0.0508. The van der Waals surface area contributed by atoms with E-state index in [4.69, 9.17) is 9.47 Å². The van der Waals surface area contributed by atoms with Gasteiger partial charge in [0.25, 0.3) is 0 Å². The zero-order chi connectivity index (χ0) is 24.9. The van der Waals surface area contributed by atoms with Crippen LogP contribution in [-0.4, -0.2) is 33.8 Å². The van der Waals surface area contributed by atoms with Crippen molar-refractivity contribution in [3.05, 3.63) is 38.7 Å². The normalized spacial score (nSPS) is 11.8. The number of nitriles is 2. The molecule has 0 saturated heterocycles. The number of ether oxygens (including phenoxy) is 2. The minimum atomic E-state index is -0.745. The number of nitrogens with one attached hydrogen (secondary N) is 2. The summed E-state index contributed by atoms with van der Waals surface area (Å²) in [7, 11) is 0. The summed E-state index contributed by atoms with van der Waals surface area (Å²) in [4.78, 5) is 34.1. The number of carbonyl (C=O) groups excluding carboxylic acids is 2. The fourth-order valence-electron chi connectivity index (χ4n) is 2.91. The molecule has 3 heterocycles. The number of amides is 2. The standard InChI is InChI=1S/C22H22N6O4S2/c1-12(26-21(30)32-22(2,3)4)8-15-14(9-23)17-18(34-15)19(28-16(10-24)27-17)31-20(29)25-11-13-6-5-7-33-13/h5-7,12H,8,11H2,1-4H3,(H,25,29)(H,26,30). The highest BCUT2D eigenvalue weighted by Crippen LogP contribution is 2.36. The van der Waals surface area contributed by atoms with Gasteiger partial charge in [-0.3, -0.25) is 0 Å². The maximum absolute atomic E-state index is 12.3. The van der Waals surface area contributed by atoms with E-state index in [1.807, 2.05) is 23.6 Å². The van der Waals surface area contributed by atoms with E-state index in [9.17, 15) is 20.1 Å². The molecule has 0 aliphatic carbocycles. The molecule has 3 aromatic rings. The van der Waals surface area contributed by atoms with E-state index >= 15 is 0 Å². The van der Waals surface area contributed by atoms with Gasteiger partial charge in [0.15, 0.2) is 0 Å². The molecule has 176 valence electrons. The SMILES string of the molecule is CC(Cc1sc2c(OC(=O)NCc3cccs3)nc(C#N)nc2c1C#N)NC(=O)OC(C)(C)C. The number of nitrogens with zero attached hydrogens (tertiary/aromatic N) is 4. The zero-order valence-electron chi connectivity index (χ0n) is 19.0. The topological polar surface area (TPSA) is 150 Å². The molecule has 3 aromatic heterocycles. The van der Waals surface area contributed by atoms with Crippen molar-refractivity contribution in [1.29, 1.82) is 10.5 Å². The highest BCUT2D eigenvalue weighted by molar-refractivity contribution is 7.19.